The first-order chi connectivity index (χ1) is 12.5. The smallest absolute Gasteiger partial charge is 0.267 e. The fourth-order valence-electron chi connectivity index (χ4n) is 2.54. The molecule has 134 valence electrons. The molecular weight excluding hydrogens is 322 g/mol. The number of carbonyl (C=O) groups is 1. The summed E-state index contributed by atoms with van der Waals surface area (Å²) in [6, 6.07) is 19.7. The van der Waals surface area contributed by atoms with Gasteiger partial charge >= 0.3 is 0 Å². The lowest BCUT2D eigenvalue weighted by Crippen LogP contribution is -2.21. The van der Waals surface area contributed by atoms with Crippen molar-refractivity contribution in [3.8, 4) is 6.07 Å². The molecule has 2 aromatic rings. The van der Waals surface area contributed by atoms with Crippen molar-refractivity contribution in [1.82, 2.24) is 4.90 Å². The van der Waals surface area contributed by atoms with Crippen LogP contribution in [-0.4, -0.2) is 17.4 Å². The molecule has 0 aliphatic carbocycles. The van der Waals surface area contributed by atoms with E-state index in [-0.39, 0.29) is 5.57 Å². The third kappa shape index (κ3) is 5.49. The van der Waals surface area contributed by atoms with Gasteiger partial charge in [-0.1, -0.05) is 56.3 Å². The molecule has 4 nitrogen and oxygen atoms in total. The first-order valence-electron chi connectivity index (χ1n) is 8.84. The lowest BCUT2D eigenvalue weighted by Gasteiger charge is -2.19. The summed E-state index contributed by atoms with van der Waals surface area (Å²) < 4.78 is 0. The number of amides is 1. The standard InChI is InChI=1S/C22H25N3O/c1-4-25(15-18-8-6-5-7-9-18)16-20(14-23)22(26)24-21-12-10-19(11-13-21)17(2)3/h5-13,16-17H,4,15H2,1-3H3,(H,24,26)/b20-16-. The van der Waals surface area contributed by atoms with Crippen LogP contribution in [0.3, 0.4) is 0 Å². The van der Waals surface area contributed by atoms with E-state index in [1.807, 2.05) is 72.5 Å². The maximum atomic E-state index is 12.4. The van der Waals surface area contributed by atoms with Crippen molar-refractivity contribution in [1.29, 1.82) is 5.26 Å². The molecule has 1 N–H and O–H groups in total. The fourth-order valence-corrected chi connectivity index (χ4v) is 2.54. The van der Waals surface area contributed by atoms with E-state index >= 15 is 0 Å². The van der Waals surface area contributed by atoms with Gasteiger partial charge in [0.2, 0.25) is 0 Å². The summed E-state index contributed by atoms with van der Waals surface area (Å²) in [5.41, 5.74) is 3.12. The van der Waals surface area contributed by atoms with Crippen LogP contribution < -0.4 is 5.32 Å². The monoisotopic (exact) mass is 347 g/mol. The molecule has 0 bridgehead atoms. The Hall–Kier alpha value is -3.06. The van der Waals surface area contributed by atoms with E-state index in [0.717, 1.165) is 5.56 Å². The second-order valence-corrected chi connectivity index (χ2v) is 6.43. The van der Waals surface area contributed by atoms with Crippen LogP contribution in [0.25, 0.3) is 0 Å². The highest BCUT2D eigenvalue weighted by molar-refractivity contribution is 6.06. The molecule has 0 unspecified atom stereocenters. The van der Waals surface area contributed by atoms with Crippen LogP contribution in [0.2, 0.25) is 0 Å². The minimum absolute atomic E-state index is 0.0933. The Morgan fingerprint density at radius 1 is 1.15 bits per heavy atom. The average molecular weight is 347 g/mol. The van der Waals surface area contributed by atoms with E-state index in [4.69, 9.17) is 0 Å². The number of benzene rings is 2. The number of hydrogen-bond donors (Lipinski definition) is 1. The largest absolute Gasteiger partial charge is 0.372 e. The molecule has 0 fully saturated rings. The Balaban J connectivity index is 2.08. The molecule has 1 amide bonds. The van der Waals surface area contributed by atoms with Crippen LogP contribution >= 0.6 is 0 Å². The average Bonchev–Trinajstić information content (AvgIpc) is 2.66. The van der Waals surface area contributed by atoms with Crippen LogP contribution in [0.5, 0.6) is 0 Å². The van der Waals surface area contributed by atoms with Crippen molar-refractivity contribution in [2.75, 3.05) is 11.9 Å². The summed E-state index contributed by atoms with van der Waals surface area (Å²) in [5.74, 6) is 0.0433. The van der Waals surface area contributed by atoms with Gasteiger partial charge in [-0.2, -0.15) is 5.26 Å². The van der Waals surface area contributed by atoms with Gasteiger partial charge in [0.1, 0.15) is 11.6 Å². The number of hydrogen-bond acceptors (Lipinski definition) is 3. The van der Waals surface area contributed by atoms with E-state index < -0.39 is 5.91 Å². The molecule has 0 aromatic heterocycles. The minimum Gasteiger partial charge on any atom is -0.372 e. The van der Waals surface area contributed by atoms with Gasteiger partial charge in [0.05, 0.1) is 0 Å². The van der Waals surface area contributed by atoms with Crippen molar-refractivity contribution >= 4 is 11.6 Å². The van der Waals surface area contributed by atoms with Gasteiger partial charge in [-0.25, -0.2) is 0 Å². The Kier molecular flexibility index (Phi) is 6.99. The summed E-state index contributed by atoms with van der Waals surface area (Å²) in [4.78, 5) is 14.4. The lowest BCUT2D eigenvalue weighted by atomic mass is 10.0. The third-order valence-electron chi connectivity index (χ3n) is 4.15. The van der Waals surface area contributed by atoms with Gasteiger partial charge in [0.15, 0.2) is 0 Å². The predicted molar refractivity (Wildman–Crippen MR) is 105 cm³/mol. The minimum atomic E-state index is -0.392. The summed E-state index contributed by atoms with van der Waals surface area (Å²) in [6.07, 6.45) is 1.63. The van der Waals surface area contributed by atoms with E-state index in [2.05, 4.69) is 19.2 Å². The SMILES string of the molecule is CCN(/C=C(/C#N)C(=O)Nc1ccc(C(C)C)cc1)Cc1ccccc1. The van der Waals surface area contributed by atoms with E-state index in [0.29, 0.717) is 24.7 Å². The third-order valence-corrected chi connectivity index (χ3v) is 4.15. The van der Waals surface area contributed by atoms with Gasteiger partial charge in [-0.3, -0.25) is 4.79 Å². The van der Waals surface area contributed by atoms with E-state index in [1.54, 1.807) is 6.20 Å². The molecule has 4 heteroatoms. The Bertz CT molecular complexity index is 786. The predicted octanol–water partition coefficient (Wildman–Crippen LogP) is 4.68. The molecule has 2 aromatic carbocycles. The highest BCUT2D eigenvalue weighted by Gasteiger charge is 2.12. The quantitative estimate of drug-likeness (QED) is 0.584. The second kappa shape index (κ2) is 9.43. The molecule has 0 aliphatic heterocycles. The molecule has 2 rings (SSSR count). The topological polar surface area (TPSA) is 56.1 Å². The molecule has 26 heavy (non-hydrogen) atoms. The number of nitrogens with one attached hydrogen (secondary N) is 1. The van der Waals surface area contributed by atoms with Crippen molar-refractivity contribution < 1.29 is 4.79 Å². The normalized spacial score (nSPS) is 11.1. The Morgan fingerprint density at radius 3 is 2.35 bits per heavy atom. The first-order valence-corrected chi connectivity index (χ1v) is 8.84. The number of nitriles is 1. The van der Waals surface area contributed by atoms with E-state index in [1.165, 1.54) is 5.56 Å². The van der Waals surface area contributed by atoms with Gasteiger partial charge in [0.25, 0.3) is 5.91 Å². The molecule has 0 spiro atoms. The summed E-state index contributed by atoms with van der Waals surface area (Å²) in [5, 5.41) is 12.2. The number of carbonyl (C=O) groups excluding carboxylic acids is 1. The Labute approximate surface area is 155 Å². The van der Waals surface area contributed by atoms with Crippen molar-refractivity contribution in [3.05, 3.63) is 77.5 Å². The van der Waals surface area contributed by atoms with Crippen LogP contribution in [0.1, 0.15) is 37.8 Å². The molecule has 0 atom stereocenters. The van der Waals surface area contributed by atoms with E-state index in [9.17, 15) is 10.1 Å². The van der Waals surface area contributed by atoms with Crippen molar-refractivity contribution in [3.63, 3.8) is 0 Å². The van der Waals surface area contributed by atoms with Crippen molar-refractivity contribution in [2.45, 2.75) is 33.2 Å². The number of rotatable bonds is 7. The molecule has 0 aliphatic rings. The van der Waals surface area contributed by atoms with Crippen LogP contribution in [0, 0.1) is 11.3 Å². The van der Waals surface area contributed by atoms with Crippen molar-refractivity contribution in [2.24, 2.45) is 0 Å². The highest BCUT2D eigenvalue weighted by atomic mass is 16.1. The van der Waals surface area contributed by atoms with Crippen LogP contribution in [0.15, 0.2) is 66.4 Å². The van der Waals surface area contributed by atoms with Gasteiger partial charge in [0, 0.05) is 25.0 Å². The fraction of sp³-hybridized carbons (Fsp3) is 0.273. The zero-order chi connectivity index (χ0) is 18.9. The van der Waals surface area contributed by atoms with Crippen LogP contribution in [0.4, 0.5) is 5.69 Å². The summed E-state index contributed by atoms with van der Waals surface area (Å²) in [7, 11) is 0. The maximum absolute atomic E-state index is 12.4. The molecular formula is C22H25N3O. The molecule has 0 heterocycles. The van der Waals surface area contributed by atoms with Gasteiger partial charge in [-0.05, 0) is 36.1 Å². The Morgan fingerprint density at radius 2 is 1.81 bits per heavy atom. The first kappa shape index (κ1) is 19.3. The molecule has 0 radical (unpaired) electrons. The summed E-state index contributed by atoms with van der Waals surface area (Å²) in [6.45, 7) is 7.60. The maximum Gasteiger partial charge on any atom is 0.267 e. The zero-order valence-corrected chi connectivity index (χ0v) is 15.6. The second-order valence-electron chi connectivity index (χ2n) is 6.43. The highest BCUT2D eigenvalue weighted by Crippen LogP contribution is 2.17. The number of anilines is 1. The lowest BCUT2D eigenvalue weighted by molar-refractivity contribution is -0.112. The van der Waals surface area contributed by atoms with Gasteiger partial charge in [-0.15, -0.1) is 0 Å². The zero-order valence-electron chi connectivity index (χ0n) is 15.6. The van der Waals surface area contributed by atoms with Crippen LogP contribution in [-0.2, 0) is 11.3 Å². The number of nitrogens with zero attached hydrogens (tertiary/aromatic N) is 2. The summed E-state index contributed by atoms with van der Waals surface area (Å²) >= 11 is 0. The molecule has 0 saturated heterocycles. The molecule has 0 saturated carbocycles. The van der Waals surface area contributed by atoms with Gasteiger partial charge < -0.3 is 10.2 Å².